The summed E-state index contributed by atoms with van der Waals surface area (Å²) in [5.74, 6) is 0. The molecule has 2 heterocycles. The lowest BCUT2D eigenvalue weighted by molar-refractivity contribution is -0.167. The number of hydrogen-bond donors (Lipinski definition) is 3. The number of aromatic amines is 1. The van der Waals surface area contributed by atoms with Gasteiger partial charge in [-0.15, -0.1) is 0 Å². The molecule has 4 atom stereocenters. The number of rotatable bonds is 7. The SMILES string of the molecule is CS(=O)(=O)OC[C@H]1O[C@@](COS(C)(=O)=O)(n2ccc(=O)[nH]c2=O)[C@H](O)[C@@H]1O. The highest BCUT2D eigenvalue weighted by Crippen LogP contribution is 2.35. The summed E-state index contributed by atoms with van der Waals surface area (Å²) in [6.07, 6.45) is -2.81. The molecule has 15 heteroatoms. The van der Waals surface area contributed by atoms with Gasteiger partial charge in [-0.3, -0.25) is 22.7 Å². The van der Waals surface area contributed by atoms with Crippen molar-refractivity contribution in [2.24, 2.45) is 0 Å². The van der Waals surface area contributed by atoms with Crippen molar-refractivity contribution in [1.29, 1.82) is 0 Å². The number of aliphatic hydroxyl groups excluding tert-OH is 2. The molecule has 0 unspecified atom stereocenters. The minimum absolute atomic E-state index is 0.633. The van der Waals surface area contributed by atoms with Crippen molar-refractivity contribution >= 4 is 20.2 Å². The molecular weight excluding hydrogens is 412 g/mol. The van der Waals surface area contributed by atoms with Gasteiger partial charge in [-0.05, 0) is 0 Å². The fraction of sp³-hybridized carbons (Fsp3) is 0.667. The summed E-state index contributed by atoms with van der Waals surface area (Å²) in [6.45, 7) is -1.68. The summed E-state index contributed by atoms with van der Waals surface area (Å²) >= 11 is 0. The van der Waals surface area contributed by atoms with E-state index >= 15 is 0 Å². The van der Waals surface area contributed by atoms with Crippen LogP contribution in [0.25, 0.3) is 0 Å². The van der Waals surface area contributed by atoms with Crippen LogP contribution in [0.15, 0.2) is 21.9 Å². The van der Waals surface area contributed by atoms with Crippen molar-refractivity contribution in [2.45, 2.75) is 24.0 Å². The van der Waals surface area contributed by atoms with Crippen LogP contribution in [0.4, 0.5) is 0 Å². The number of aromatic nitrogens is 2. The van der Waals surface area contributed by atoms with Crippen molar-refractivity contribution in [2.75, 3.05) is 25.7 Å². The van der Waals surface area contributed by atoms with Crippen molar-refractivity contribution in [3.63, 3.8) is 0 Å². The number of aliphatic hydroxyl groups is 2. The van der Waals surface area contributed by atoms with Gasteiger partial charge in [-0.2, -0.15) is 16.8 Å². The minimum atomic E-state index is -4.06. The summed E-state index contributed by atoms with van der Waals surface area (Å²) in [6, 6.07) is 0.895. The Morgan fingerprint density at radius 1 is 1.19 bits per heavy atom. The lowest BCUT2D eigenvalue weighted by Gasteiger charge is -2.32. The summed E-state index contributed by atoms with van der Waals surface area (Å²) in [7, 11) is -7.98. The standard InChI is InChI=1S/C12H18N2O11S2/c1-26(19,20)23-5-7-9(16)10(17)12(25-7,6-24-27(2,21)22)14-4-3-8(15)13-11(14)18/h3-4,7,9-10,16-17H,5-6H2,1-2H3,(H,13,15,18)/t7-,9-,10-,12-/m1/s1. The van der Waals surface area contributed by atoms with Crippen LogP contribution < -0.4 is 11.2 Å². The molecule has 0 saturated carbocycles. The van der Waals surface area contributed by atoms with Gasteiger partial charge in [0.25, 0.3) is 25.8 Å². The Hall–Kier alpha value is -1.62. The Balaban J connectivity index is 2.49. The maximum absolute atomic E-state index is 12.1. The van der Waals surface area contributed by atoms with E-state index in [0.717, 1.165) is 18.5 Å². The van der Waals surface area contributed by atoms with E-state index in [1.165, 1.54) is 0 Å². The fourth-order valence-corrected chi connectivity index (χ4v) is 3.25. The first-order valence-corrected chi connectivity index (χ1v) is 10.9. The van der Waals surface area contributed by atoms with Gasteiger partial charge in [0.05, 0.1) is 19.1 Å². The van der Waals surface area contributed by atoms with E-state index in [1.54, 1.807) is 0 Å². The average molecular weight is 430 g/mol. The molecule has 0 amide bonds. The van der Waals surface area contributed by atoms with Crippen molar-refractivity contribution < 1.29 is 40.2 Å². The van der Waals surface area contributed by atoms with Gasteiger partial charge in [-0.1, -0.05) is 0 Å². The predicted molar refractivity (Wildman–Crippen MR) is 87.8 cm³/mol. The molecule has 154 valence electrons. The van der Waals surface area contributed by atoms with E-state index < -0.39 is 68.7 Å². The topological polar surface area (TPSA) is 191 Å². The Bertz CT molecular complexity index is 1010. The van der Waals surface area contributed by atoms with Crippen LogP contribution in [0.2, 0.25) is 0 Å². The largest absolute Gasteiger partial charge is 0.387 e. The van der Waals surface area contributed by atoms with E-state index in [0.29, 0.717) is 10.8 Å². The van der Waals surface area contributed by atoms with E-state index in [4.69, 9.17) is 4.74 Å². The molecule has 0 aromatic carbocycles. The number of nitrogens with zero attached hydrogens (tertiary/aromatic N) is 1. The van der Waals surface area contributed by atoms with Gasteiger partial charge in [0.1, 0.15) is 24.9 Å². The van der Waals surface area contributed by atoms with E-state index in [1.807, 2.05) is 4.98 Å². The monoisotopic (exact) mass is 430 g/mol. The molecule has 3 N–H and O–H groups in total. The van der Waals surface area contributed by atoms with Crippen molar-refractivity contribution in [3.8, 4) is 0 Å². The maximum atomic E-state index is 12.1. The molecule has 1 aliphatic heterocycles. The predicted octanol–water partition coefficient (Wildman–Crippen LogP) is -3.74. The highest BCUT2D eigenvalue weighted by molar-refractivity contribution is 7.86. The van der Waals surface area contributed by atoms with E-state index in [-0.39, 0.29) is 0 Å². The third-order valence-electron chi connectivity index (χ3n) is 3.68. The number of hydrogen-bond acceptors (Lipinski definition) is 11. The lowest BCUT2D eigenvalue weighted by Crippen LogP contribution is -2.54. The quantitative estimate of drug-likeness (QED) is 0.360. The average Bonchev–Trinajstić information content (AvgIpc) is 2.75. The Morgan fingerprint density at radius 2 is 1.78 bits per heavy atom. The highest BCUT2D eigenvalue weighted by atomic mass is 32.2. The Labute approximate surface area is 153 Å². The van der Waals surface area contributed by atoms with Gasteiger partial charge in [0, 0.05) is 12.3 Å². The van der Waals surface area contributed by atoms with Gasteiger partial charge in [0.15, 0.2) is 0 Å². The number of ether oxygens (including phenoxy) is 1. The fourth-order valence-electron chi connectivity index (χ4n) is 2.49. The molecule has 1 saturated heterocycles. The molecule has 0 radical (unpaired) electrons. The van der Waals surface area contributed by atoms with Gasteiger partial charge < -0.3 is 14.9 Å². The molecule has 1 aliphatic rings. The molecule has 13 nitrogen and oxygen atoms in total. The molecule has 1 fully saturated rings. The zero-order valence-corrected chi connectivity index (χ0v) is 15.8. The summed E-state index contributed by atoms with van der Waals surface area (Å²) in [5, 5.41) is 20.6. The van der Waals surface area contributed by atoms with Gasteiger partial charge in [-0.25, -0.2) is 4.79 Å². The van der Waals surface area contributed by atoms with Crippen LogP contribution >= 0.6 is 0 Å². The van der Waals surface area contributed by atoms with Crippen LogP contribution in [0.3, 0.4) is 0 Å². The second kappa shape index (κ2) is 7.42. The van der Waals surface area contributed by atoms with Crippen molar-refractivity contribution in [3.05, 3.63) is 33.1 Å². The molecule has 0 bridgehead atoms. The summed E-state index contributed by atoms with van der Waals surface area (Å²) in [5.41, 5.74) is -4.15. The minimum Gasteiger partial charge on any atom is -0.387 e. The highest BCUT2D eigenvalue weighted by Gasteiger charge is 2.57. The first kappa shape index (κ1) is 21.7. The molecular formula is C12H18N2O11S2. The molecule has 2 rings (SSSR count). The molecule has 27 heavy (non-hydrogen) atoms. The molecule has 1 aromatic heterocycles. The van der Waals surface area contributed by atoms with Crippen LogP contribution in [0.1, 0.15) is 0 Å². The third-order valence-corrected chi connectivity index (χ3v) is 4.79. The van der Waals surface area contributed by atoms with Crippen LogP contribution in [-0.4, -0.2) is 80.6 Å². The summed E-state index contributed by atoms with van der Waals surface area (Å²) < 4.78 is 60.2. The number of H-pyrrole nitrogens is 1. The van der Waals surface area contributed by atoms with Gasteiger partial charge >= 0.3 is 5.69 Å². The zero-order chi connectivity index (χ0) is 20.6. The van der Waals surface area contributed by atoms with Crippen LogP contribution in [0, 0.1) is 0 Å². The summed E-state index contributed by atoms with van der Waals surface area (Å²) in [4.78, 5) is 25.3. The second-order valence-electron chi connectivity index (χ2n) is 5.87. The lowest BCUT2D eigenvalue weighted by atomic mass is 10.0. The van der Waals surface area contributed by atoms with E-state index in [2.05, 4.69) is 8.37 Å². The second-order valence-corrected chi connectivity index (χ2v) is 9.16. The smallest absolute Gasteiger partial charge is 0.330 e. The zero-order valence-electron chi connectivity index (χ0n) is 14.1. The van der Waals surface area contributed by atoms with Crippen LogP contribution in [-0.2, 0) is 39.1 Å². The van der Waals surface area contributed by atoms with Crippen molar-refractivity contribution in [1.82, 2.24) is 9.55 Å². The van der Waals surface area contributed by atoms with E-state index in [9.17, 15) is 36.6 Å². The Kier molecular flexibility index (Phi) is 5.96. The first-order valence-electron chi connectivity index (χ1n) is 7.30. The third kappa shape index (κ3) is 5.01. The maximum Gasteiger partial charge on any atom is 0.330 e. The number of nitrogens with one attached hydrogen (secondary N) is 1. The normalized spacial score (nSPS) is 29.1. The van der Waals surface area contributed by atoms with Crippen LogP contribution in [0.5, 0.6) is 0 Å². The molecule has 0 spiro atoms. The van der Waals surface area contributed by atoms with Gasteiger partial charge in [0.2, 0.25) is 5.72 Å². The first-order chi connectivity index (χ1) is 12.3. The molecule has 0 aliphatic carbocycles. The molecule has 1 aromatic rings. The Morgan fingerprint density at radius 3 is 2.30 bits per heavy atom.